The molecular weight excluding hydrogens is 238 g/mol. The zero-order chi connectivity index (χ0) is 13.2. The van der Waals surface area contributed by atoms with Crippen molar-refractivity contribution in [3.8, 4) is 5.75 Å². The summed E-state index contributed by atoms with van der Waals surface area (Å²) in [6.45, 7) is 3.92. The number of likely N-dealkylation sites (tertiary alicyclic amines) is 1. The van der Waals surface area contributed by atoms with Gasteiger partial charge in [0.15, 0.2) is 0 Å². The quantitative estimate of drug-likeness (QED) is 0.789. The lowest BCUT2D eigenvalue weighted by Gasteiger charge is -2.38. The van der Waals surface area contributed by atoms with Gasteiger partial charge in [0.2, 0.25) is 0 Å². The van der Waals surface area contributed by atoms with E-state index < -0.39 is 0 Å². The molecule has 1 atom stereocenters. The van der Waals surface area contributed by atoms with E-state index in [4.69, 9.17) is 15.5 Å². The maximum absolute atomic E-state index is 5.81. The van der Waals surface area contributed by atoms with E-state index in [0.29, 0.717) is 12.6 Å². The average Bonchev–Trinajstić information content (AvgIpc) is 2.46. The standard InChI is InChI=1S/C15H21N3O/c1-2-12-5-3-4-8-18(12)15-10-19-14-9-11(16)6-7-13(14)17-15/h6-7,9,12H,2-5,8,10,16H2,1H3. The molecule has 2 aliphatic heterocycles. The molecule has 0 spiro atoms. The van der Waals surface area contributed by atoms with Crippen molar-refractivity contribution in [3.05, 3.63) is 18.2 Å². The Hall–Kier alpha value is -1.71. The van der Waals surface area contributed by atoms with Crippen LogP contribution in [0.1, 0.15) is 32.6 Å². The third kappa shape index (κ3) is 2.39. The molecular formula is C15H21N3O. The summed E-state index contributed by atoms with van der Waals surface area (Å²) in [5, 5.41) is 0. The zero-order valence-electron chi connectivity index (χ0n) is 11.4. The number of aliphatic imine (C=N–C) groups is 1. The molecule has 0 aliphatic carbocycles. The Morgan fingerprint density at radius 3 is 3.16 bits per heavy atom. The lowest BCUT2D eigenvalue weighted by molar-refractivity contribution is 0.218. The number of rotatable bonds is 1. The van der Waals surface area contributed by atoms with E-state index in [0.717, 1.165) is 29.5 Å². The third-order valence-electron chi connectivity index (χ3n) is 4.02. The van der Waals surface area contributed by atoms with E-state index >= 15 is 0 Å². The fraction of sp³-hybridized carbons (Fsp3) is 0.533. The summed E-state index contributed by atoms with van der Waals surface area (Å²) < 4.78 is 5.81. The van der Waals surface area contributed by atoms with Gasteiger partial charge in [0.1, 0.15) is 23.9 Å². The molecule has 102 valence electrons. The molecule has 4 nitrogen and oxygen atoms in total. The fourth-order valence-corrected chi connectivity index (χ4v) is 2.96. The maximum Gasteiger partial charge on any atom is 0.147 e. The summed E-state index contributed by atoms with van der Waals surface area (Å²) in [5.41, 5.74) is 7.39. The molecule has 1 saturated heterocycles. The van der Waals surface area contributed by atoms with Crippen LogP contribution in [0.5, 0.6) is 5.75 Å². The molecule has 19 heavy (non-hydrogen) atoms. The number of amidine groups is 1. The summed E-state index contributed by atoms with van der Waals surface area (Å²) in [5.74, 6) is 1.87. The van der Waals surface area contributed by atoms with Gasteiger partial charge in [-0.15, -0.1) is 0 Å². The van der Waals surface area contributed by atoms with Crippen molar-refractivity contribution in [2.45, 2.75) is 38.6 Å². The second-order valence-corrected chi connectivity index (χ2v) is 5.30. The summed E-state index contributed by atoms with van der Waals surface area (Å²) in [7, 11) is 0. The molecule has 0 radical (unpaired) electrons. The highest BCUT2D eigenvalue weighted by molar-refractivity contribution is 5.89. The van der Waals surface area contributed by atoms with Gasteiger partial charge in [-0.25, -0.2) is 4.99 Å². The van der Waals surface area contributed by atoms with Crippen molar-refractivity contribution in [3.63, 3.8) is 0 Å². The number of hydrogen-bond acceptors (Lipinski definition) is 4. The predicted molar refractivity (Wildman–Crippen MR) is 78.1 cm³/mol. The van der Waals surface area contributed by atoms with Crippen molar-refractivity contribution in [2.24, 2.45) is 4.99 Å². The van der Waals surface area contributed by atoms with Crippen LogP contribution in [0.3, 0.4) is 0 Å². The van der Waals surface area contributed by atoms with Gasteiger partial charge in [0, 0.05) is 24.3 Å². The van der Waals surface area contributed by atoms with Gasteiger partial charge in [-0.1, -0.05) is 6.92 Å². The highest BCUT2D eigenvalue weighted by Gasteiger charge is 2.26. The fourth-order valence-electron chi connectivity index (χ4n) is 2.96. The third-order valence-corrected chi connectivity index (χ3v) is 4.02. The number of anilines is 1. The van der Waals surface area contributed by atoms with Gasteiger partial charge < -0.3 is 15.4 Å². The number of piperidine rings is 1. The normalized spacial score (nSPS) is 22.5. The van der Waals surface area contributed by atoms with Crippen LogP contribution in [0.4, 0.5) is 11.4 Å². The Labute approximate surface area is 114 Å². The van der Waals surface area contributed by atoms with Gasteiger partial charge in [0.25, 0.3) is 0 Å². The van der Waals surface area contributed by atoms with E-state index in [9.17, 15) is 0 Å². The summed E-state index contributed by atoms with van der Waals surface area (Å²) >= 11 is 0. The highest BCUT2D eigenvalue weighted by atomic mass is 16.5. The van der Waals surface area contributed by atoms with Crippen LogP contribution in [-0.4, -0.2) is 29.9 Å². The van der Waals surface area contributed by atoms with E-state index in [2.05, 4.69) is 11.8 Å². The molecule has 2 aliphatic rings. The Balaban J connectivity index is 1.87. The SMILES string of the molecule is CCC1CCCCN1C1=Nc2ccc(N)cc2OC1. The first-order valence-corrected chi connectivity index (χ1v) is 7.14. The molecule has 0 amide bonds. The Morgan fingerprint density at radius 1 is 1.42 bits per heavy atom. The van der Waals surface area contributed by atoms with Gasteiger partial charge >= 0.3 is 0 Å². The zero-order valence-corrected chi connectivity index (χ0v) is 11.4. The summed E-state index contributed by atoms with van der Waals surface area (Å²) in [6.07, 6.45) is 5.03. The predicted octanol–water partition coefficient (Wildman–Crippen LogP) is 2.96. The smallest absolute Gasteiger partial charge is 0.147 e. The molecule has 1 unspecified atom stereocenters. The van der Waals surface area contributed by atoms with Gasteiger partial charge in [-0.05, 0) is 37.8 Å². The average molecular weight is 259 g/mol. The minimum atomic E-state index is 0.562. The second-order valence-electron chi connectivity index (χ2n) is 5.30. The van der Waals surface area contributed by atoms with Crippen LogP contribution in [0.2, 0.25) is 0 Å². The Morgan fingerprint density at radius 2 is 2.32 bits per heavy atom. The van der Waals surface area contributed by atoms with Crippen LogP contribution >= 0.6 is 0 Å². The molecule has 1 aromatic carbocycles. The van der Waals surface area contributed by atoms with Crippen LogP contribution in [-0.2, 0) is 0 Å². The number of ether oxygens (including phenoxy) is 1. The number of nitrogens with zero attached hydrogens (tertiary/aromatic N) is 2. The molecule has 2 N–H and O–H groups in total. The highest BCUT2D eigenvalue weighted by Crippen LogP contribution is 2.33. The molecule has 4 heteroatoms. The molecule has 0 bridgehead atoms. The van der Waals surface area contributed by atoms with Gasteiger partial charge in [0.05, 0.1) is 0 Å². The number of fused-ring (bicyclic) bond motifs is 1. The molecule has 2 heterocycles. The first kappa shape index (κ1) is 12.3. The topological polar surface area (TPSA) is 50.8 Å². The maximum atomic E-state index is 5.81. The number of hydrogen-bond donors (Lipinski definition) is 1. The first-order chi connectivity index (χ1) is 9.28. The van der Waals surface area contributed by atoms with Crippen molar-refractivity contribution in [2.75, 3.05) is 18.9 Å². The summed E-state index contributed by atoms with van der Waals surface area (Å²) in [6, 6.07) is 6.28. The Kier molecular flexibility index (Phi) is 3.32. The first-order valence-electron chi connectivity index (χ1n) is 7.14. The van der Waals surface area contributed by atoms with Crippen molar-refractivity contribution >= 4 is 17.2 Å². The van der Waals surface area contributed by atoms with Gasteiger partial charge in [-0.3, -0.25) is 0 Å². The molecule has 0 saturated carbocycles. The van der Waals surface area contributed by atoms with Crippen LogP contribution in [0.15, 0.2) is 23.2 Å². The molecule has 0 aromatic heterocycles. The number of nitrogens with two attached hydrogens (primary N) is 1. The van der Waals surface area contributed by atoms with Gasteiger partial charge in [-0.2, -0.15) is 0 Å². The molecule has 1 aromatic rings. The minimum absolute atomic E-state index is 0.562. The van der Waals surface area contributed by atoms with Crippen LogP contribution in [0, 0.1) is 0 Å². The monoisotopic (exact) mass is 259 g/mol. The largest absolute Gasteiger partial charge is 0.483 e. The minimum Gasteiger partial charge on any atom is -0.483 e. The van der Waals surface area contributed by atoms with E-state index in [1.54, 1.807) is 0 Å². The summed E-state index contributed by atoms with van der Waals surface area (Å²) in [4.78, 5) is 7.20. The lowest BCUT2D eigenvalue weighted by atomic mass is 10.00. The molecule has 3 rings (SSSR count). The van der Waals surface area contributed by atoms with Crippen molar-refractivity contribution in [1.82, 2.24) is 4.90 Å². The Bertz CT molecular complexity index is 498. The van der Waals surface area contributed by atoms with E-state index in [1.807, 2.05) is 18.2 Å². The number of benzene rings is 1. The lowest BCUT2D eigenvalue weighted by Crippen LogP contribution is -2.46. The number of nitrogen functional groups attached to an aromatic ring is 1. The van der Waals surface area contributed by atoms with Crippen molar-refractivity contribution in [1.29, 1.82) is 0 Å². The van der Waals surface area contributed by atoms with E-state index in [1.165, 1.54) is 25.7 Å². The molecule has 1 fully saturated rings. The van der Waals surface area contributed by atoms with Crippen LogP contribution in [0.25, 0.3) is 0 Å². The van der Waals surface area contributed by atoms with E-state index in [-0.39, 0.29) is 0 Å². The second kappa shape index (κ2) is 5.11. The van der Waals surface area contributed by atoms with Crippen molar-refractivity contribution < 1.29 is 4.74 Å². The van der Waals surface area contributed by atoms with Crippen LogP contribution < -0.4 is 10.5 Å².